The van der Waals surface area contributed by atoms with Crippen molar-refractivity contribution in [3.05, 3.63) is 23.9 Å². The summed E-state index contributed by atoms with van der Waals surface area (Å²) >= 11 is 4.83. The normalized spacial score (nSPS) is 20.4. The highest BCUT2D eigenvalue weighted by atomic mass is 32.1. The van der Waals surface area contributed by atoms with E-state index in [4.69, 9.17) is 22.7 Å². The second kappa shape index (κ2) is 5.30. The number of pyridine rings is 1. The molecule has 1 fully saturated rings. The van der Waals surface area contributed by atoms with E-state index in [0.29, 0.717) is 19.7 Å². The van der Waals surface area contributed by atoms with Crippen molar-refractivity contribution in [3.8, 4) is 0 Å². The summed E-state index contributed by atoms with van der Waals surface area (Å²) in [6.45, 7) is 1.11. The molecule has 1 unspecified atom stereocenters. The van der Waals surface area contributed by atoms with Crippen molar-refractivity contribution in [1.82, 2.24) is 4.98 Å². The molecule has 2 rings (SSSR count). The molecule has 2 heterocycles. The van der Waals surface area contributed by atoms with E-state index in [-0.39, 0.29) is 10.8 Å². The second-order valence-electron chi connectivity index (χ2n) is 4.11. The summed E-state index contributed by atoms with van der Waals surface area (Å²) < 4.78 is 43.2. The molecule has 0 spiro atoms. The van der Waals surface area contributed by atoms with Gasteiger partial charge < -0.3 is 15.4 Å². The van der Waals surface area contributed by atoms with E-state index in [2.05, 4.69) is 4.98 Å². The van der Waals surface area contributed by atoms with Gasteiger partial charge in [-0.3, -0.25) is 0 Å². The molecule has 8 heteroatoms. The molecule has 0 radical (unpaired) electrons. The van der Waals surface area contributed by atoms with Gasteiger partial charge in [0.05, 0.1) is 18.7 Å². The Bertz CT molecular complexity index is 480. The third-order valence-electron chi connectivity index (χ3n) is 2.78. The van der Waals surface area contributed by atoms with Crippen LogP contribution in [0.2, 0.25) is 0 Å². The van der Waals surface area contributed by atoms with Crippen LogP contribution in [-0.2, 0) is 10.9 Å². The van der Waals surface area contributed by atoms with E-state index in [9.17, 15) is 13.2 Å². The standard InChI is InChI=1S/C11H12F3N3OS/c12-11(13,14)7-1-2-16-9(5-7)17-3-4-18-8(6-17)10(15)19/h1-2,5,8H,3-4,6H2,(H2,15,19). The van der Waals surface area contributed by atoms with Gasteiger partial charge in [-0.2, -0.15) is 13.2 Å². The first kappa shape index (κ1) is 14.0. The van der Waals surface area contributed by atoms with E-state index in [0.717, 1.165) is 18.3 Å². The summed E-state index contributed by atoms with van der Waals surface area (Å²) in [5.41, 5.74) is 4.76. The van der Waals surface area contributed by atoms with Gasteiger partial charge in [0.25, 0.3) is 0 Å². The van der Waals surface area contributed by atoms with Crippen molar-refractivity contribution in [1.29, 1.82) is 0 Å². The van der Waals surface area contributed by atoms with Gasteiger partial charge in [0.2, 0.25) is 0 Å². The van der Waals surface area contributed by atoms with Gasteiger partial charge in [0, 0.05) is 12.7 Å². The minimum Gasteiger partial charge on any atom is -0.391 e. The van der Waals surface area contributed by atoms with E-state index in [1.807, 2.05) is 0 Å². The smallest absolute Gasteiger partial charge is 0.391 e. The third-order valence-corrected chi connectivity index (χ3v) is 3.04. The second-order valence-corrected chi connectivity index (χ2v) is 4.58. The van der Waals surface area contributed by atoms with Crippen LogP contribution in [0.4, 0.5) is 19.0 Å². The predicted octanol–water partition coefficient (Wildman–Crippen LogP) is 1.59. The summed E-state index contributed by atoms with van der Waals surface area (Å²) in [4.78, 5) is 5.83. The maximum Gasteiger partial charge on any atom is 0.416 e. The molecule has 104 valence electrons. The average Bonchev–Trinajstić information content (AvgIpc) is 2.38. The number of halogens is 3. The number of hydrogen-bond donors (Lipinski definition) is 1. The molecule has 19 heavy (non-hydrogen) atoms. The zero-order valence-electron chi connectivity index (χ0n) is 9.85. The van der Waals surface area contributed by atoms with Gasteiger partial charge in [-0.05, 0) is 12.1 Å². The quantitative estimate of drug-likeness (QED) is 0.839. The maximum atomic E-state index is 12.6. The Hall–Kier alpha value is -1.41. The fourth-order valence-electron chi connectivity index (χ4n) is 1.80. The van der Waals surface area contributed by atoms with Crippen molar-refractivity contribution in [2.75, 3.05) is 24.6 Å². The first-order valence-electron chi connectivity index (χ1n) is 5.57. The lowest BCUT2D eigenvalue weighted by Crippen LogP contribution is -2.48. The number of nitrogens with zero attached hydrogens (tertiary/aromatic N) is 2. The molecule has 0 amide bonds. The minimum atomic E-state index is -4.38. The Kier molecular flexibility index (Phi) is 3.91. The van der Waals surface area contributed by atoms with Gasteiger partial charge in [-0.1, -0.05) is 12.2 Å². The number of alkyl halides is 3. The van der Waals surface area contributed by atoms with E-state index in [1.54, 1.807) is 4.90 Å². The molecule has 1 aromatic rings. The molecule has 0 saturated carbocycles. The molecule has 0 bridgehead atoms. The SMILES string of the molecule is NC(=S)C1CN(c2cc(C(F)(F)F)ccn2)CCO1. The van der Waals surface area contributed by atoms with Gasteiger partial charge in [-0.15, -0.1) is 0 Å². The van der Waals surface area contributed by atoms with Crippen LogP contribution in [0, 0.1) is 0 Å². The van der Waals surface area contributed by atoms with E-state index in [1.165, 1.54) is 0 Å². The van der Waals surface area contributed by atoms with Gasteiger partial charge in [0.15, 0.2) is 0 Å². The molecule has 1 aromatic heterocycles. The van der Waals surface area contributed by atoms with Crippen LogP contribution < -0.4 is 10.6 Å². The number of ether oxygens (including phenoxy) is 1. The summed E-state index contributed by atoms with van der Waals surface area (Å²) in [6.07, 6.45) is -3.70. The zero-order valence-corrected chi connectivity index (χ0v) is 10.7. The van der Waals surface area contributed by atoms with Crippen LogP contribution in [0.1, 0.15) is 5.56 Å². The van der Waals surface area contributed by atoms with Gasteiger partial charge in [-0.25, -0.2) is 4.98 Å². The molecule has 2 N–H and O–H groups in total. The molecule has 1 atom stereocenters. The monoisotopic (exact) mass is 291 g/mol. The maximum absolute atomic E-state index is 12.6. The van der Waals surface area contributed by atoms with Gasteiger partial charge in [0.1, 0.15) is 16.9 Å². The molecule has 4 nitrogen and oxygen atoms in total. The van der Waals surface area contributed by atoms with Crippen molar-refractivity contribution in [3.63, 3.8) is 0 Å². The number of nitrogens with two attached hydrogens (primary N) is 1. The van der Waals surface area contributed by atoms with Crippen LogP contribution in [0.25, 0.3) is 0 Å². The fourth-order valence-corrected chi connectivity index (χ4v) is 1.94. The van der Waals surface area contributed by atoms with Crippen LogP contribution in [0.15, 0.2) is 18.3 Å². The Balaban J connectivity index is 2.20. The summed E-state index contributed by atoms with van der Waals surface area (Å²) in [5, 5.41) is 0. The molecular weight excluding hydrogens is 279 g/mol. The lowest BCUT2D eigenvalue weighted by molar-refractivity contribution is -0.137. The van der Waals surface area contributed by atoms with E-state index >= 15 is 0 Å². The lowest BCUT2D eigenvalue weighted by atomic mass is 10.2. The number of thiocarbonyl (C=S) groups is 1. The number of anilines is 1. The Morgan fingerprint density at radius 3 is 2.89 bits per heavy atom. The molecule has 0 aliphatic carbocycles. The predicted molar refractivity (Wildman–Crippen MR) is 68.0 cm³/mol. The lowest BCUT2D eigenvalue weighted by Gasteiger charge is -2.33. The highest BCUT2D eigenvalue weighted by Crippen LogP contribution is 2.31. The number of morpholine rings is 1. The number of rotatable bonds is 2. The molecule has 0 aromatic carbocycles. The Morgan fingerprint density at radius 1 is 1.53 bits per heavy atom. The fraction of sp³-hybridized carbons (Fsp3) is 0.455. The largest absolute Gasteiger partial charge is 0.416 e. The van der Waals surface area contributed by atoms with Crippen LogP contribution in [0.3, 0.4) is 0 Å². The molecule has 1 saturated heterocycles. The van der Waals surface area contributed by atoms with Crippen LogP contribution >= 0.6 is 12.2 Å². The Morgan fingerprint density at radius 2 is 2.26 bits per heavy atom. The summed E-state index contributed by atoms with van der Waals surface area (Å²) in [6, 6.07) is 1.96. The number of hydrogen-bond acceptors (Lipinski definition) is 4. The van der Waals surface area contributed by atoms with Crippen LogP contribution in [0.5, 0.6) is 0 Å². The zero-order chi connectivity index (χ0) is 14.0. The highest BCUT2D eigenvalue weighted by molar-refractivity contribution is 7.80. The van der Waals surface area contributed by atoms with Crippen molar-refractivity contribution in [2.45, 2.75) is 12.3 Å². The number of aromatic nitrogens is 1. The highest BCUT2D eigenvalue weighted by Gasteiger charge is 2.32. The van der Waals surface area contributed by atoms with Crippen molar-refractivity contribution < 1.29 is 17.9 Å². The first-order chi connectivity index (χ1) is 8.88. The molecular formula is C11H12F3N3OS. The van der Waals surface area contributed by atoms with Crippen molar-refractivity contribution in [2.24, 2.45) is 5.73 Å². The summed E-state index contributed by atoms with van der Waals surface area (Å²) in [5.74, 6) is 0.249. The van der Waals surface area contributed by atoms with Gasteiger partial charge >= 0.3 is 6.18 Å². The topological polar surface area (TPSA) is 51.4 Å². The van der Waals surface area contributed by atoms with Crippen LogP contribution in [-0.4, -0.2) is 35.8 Å². The summed E-state index contributed by atoms with van der Waals surface area (Å²) in [7, 11) is 0. The third kappa shape index (κ3) is 3.32. The average molecular weight is 291 g/mol. The minimum absolute atomic E-state index is 0.191. The Labute approximate surface area is 113 Å². The molecule has 1 aliphatic rings. The molecule has 1 aliphatic heterocycles. The first-order valence-corrected chi connectivity index (χ1v) is 5.98. The van der Waals surface area contributed by atoms with Crippen molar-refractivity contribution >= 4 is 23.0 Å². The van der Waals surface area contributed by atoms with E-state index < -0.39 is 17.8 Å².